The number of morpholine rings is 1. The molecule has 154 valence electrons. The second kappa shape index (κ2) is 7.29. The van der Waals surface area contributed by atoms with Crippen molar-refractivity contribution in [2.24, 2.45) is 0 Å². The molecule has 0 bridgehead atoms. The monoisotopic (exact) mass is 432 g/mol. The van der Waals surface area contributed by atoms with Crippen molar-refractivity contribution in [1.29, 1.82) is 0 Å². The van der Waals surface area contributed by atoms with Crippen molar-refractivity contribution in [2.75, 3.05) is 24.7 Å². The van der Waals surface area contributed by atoms with Crippen LogP contribution in [0.1, 0.15) is 0 Å². The van der Waals surface area contributed by atoms with E-state index in [1.54, 1.807) is 30.6 Å². The lowest BCUT2D eigenvalue weighted by Gasteiger charge is -2.35. The van der Waals surface area contributed by atoms with E-state index in [0.29, 0.717) is 22.1 Å². The van der Waals surface area contributed by atoms with Crippen LogP contribution in [0, 0.1) is 0 Å². The molecule has 1 atom stereocenters. The van der Waals surface area contributed by atoms with E-state index in [1.165, 1.54) is 4.90 Å². The molecular weight excluding hydrogens is 418 g/mol. The van der Waals surface area contributed by atoms with Gasteiger partial charge in [-0.3, -0.25) is 9.78 Å². The summed E-state index contributed by atoms with van der Waals surface area (Å²) in [6, 6.07) is 3.75. The first-order chi connectivity index (χ1) is 14.5. The van der Waals surface area contributed by atoms with Gasteiger partial charge in [0.1, 0.15) is 22.5 Å². The maximum absolute atomic E-state index is 13.6. The van der Waals surface area contributed by atoms with Gasteiger partial charge < -0.3 is 19.6 Å². The first-order valence-corrected chi connectivity index (χ1v) is 9.55. The molecule has 2 N–H and O–H groups in total. The van der Waals surface area contributed by atoms with Crippen molar-refractivity contribution < 1.29 is 13.5 Å². The highest BCUT2D eigenvalue weighted by Crippen LogP contribution is 2.31. The van der Waals surface area contributed by atoms with Crippen LogP contribution in [-0.4, -0.2) is 57.1 Å². The molecule has 5 heterocycles. The quantitative estimate of drug-likeness (QED) is 0.483. The number of halogens is 3. The van der Waals surface area contributed by atoms with Crippen molar-refractivity contribution in [3.63, 3.8) is 0 Å². The van der Waals surface area contributed by atoms with Gasteiger partial charge in [0.2, 0.25) is 0 Å². The van der Waals surface area contributed by atoms with Gasteiger partial charge in [0.25, 0.3) is 12.0 Å². The average molecular weight is 433 g/mol. The third-order valence-corrected chi connectivity index (χ3v) is 5.24. The lowest BCUT2D eigenvalue weighted by Crippen LogP contribution is -2.50. The Morgan fingerprint density at radius 1 is 1.23 bits per heavy atom. The first kappa shape index (κ1) is 18.9. The van der Waals surface area contributed by atoms with E-state index in [1.807, 2.05) is 0 Å². The van der Waals surface area contributed by atoms with E-state index >= 15 is 0 Å². The Balaban J connectivity index is 1.68. The van der Waals surface area contributed by atoms with E-state index in [0.717, 1.165) is 5.39 Å². The highest BCUT2D eigenvalue weighted by Gasteiger charge is 2.33. The zero-order chi connectivity index (χ0) is 20.8. The van der Waals surface area contributed by atoms with Crippen molar-refractivity contribution in [3.8, 4) is 11.4 Å². The van der Waals surface area contributed by atoms with Gasteiger partial charge in [-0.15, -0.1) is 0 Å². The molecule has 1 aliphatic heterocycles. The van der Waals surface area contributed by atoms with Gasteiger partial charge >= 0.3 is 0 Å². The second-order valence-electron chi connectivity index (χ2n) is 6.90. The van der Waals surface area contributed by atoms with Crippen LogP contribution >= 0.6 is 11.6 Å². The number of hydrogen-bond acceptors (Lipinski definition) is 6. The Morgan fingerprint density at radius 3 is 2.93 bits per heavy atom. The predicted octanol–water partition coefficient (Wildman–Crippen LogP) is 2.99. The molecule has 30 heavy (non-hydrogen) atoms. The number of H-pyrrole nitrogens is 2. The van der Waals surface area contributed by atoms with Gasteiger partial charge in [-0.05, 0) is 12.1 Å². The van der Waals surface area contributed by atoms with Crippen LogP contribution in [0.15, 0.2) is 35.4 Å². The minimum Gasteiger partial charge on any atom is -0.377 e. The molecule has 1 saturated heterocycles. The van der Waals surface area contributed by atoms with E-state index in [4.69, 9.17) is 16.3 Å². The predicted molar refractivity (Wildman–Crippen MR) is 108 cm³/mol. The van der Waals surface area contributed by atoms with Crippen molar-refractivity contribution >= 4 is 39.4 Å². The summed E-state index contributed by atoms with van der Waals surface area (Å²) in [5.74, 6) is 0.511. The Kier molecular flexibility index (Phi) is 4.59. The third kappa shape index (κ3) is 3.17. The number of pyridine rings is 3. The molecule has 11 heteroatoms. The molecule has 4 aromatic heterocycles. The molecule has 0 saturated carbocycles. The molecule has 8 nitrogen and oxygen atoms in total. The molecule has 0 radical (unpaired) electrons. The average Bonchev–Trinajstić information content (AvgIpc) is 3.16. The molecular formula is C19H15ClF2N6O2. The fourth-order valence-corrected chi connectivity index (χ4v) is 3.80. The highest BCUT2D eigenvalue weighted by molar-refractivity contribution is 6.30. The van der Waals surface area contributed by atoms with Crippen LogP contribution in [-0.2, 0) is 4.74 Å². The largest absolute Gasteiger partial charge is 0.377 e. The Hall–Kier alpha value is -3.11. The lowest BCUT2D eigenvalue weighted by molar-refractivity contribution is 0.0204. The Labute approximate surface area is 172 Å². The number of anilines is 1. The number of ether oxygens (including phenoxy) is 1. The SMILES string of the molecule is O=c1[nH]c2ccncc2cc1-c1nc2c(N3CCOC[C@H]3C(F)F)nc(Cl)cc2[nH]1. The Bertz CT molecular complexity index is 1310. The van der Waals surface area contributed by atoms with Crippen LogP contribution in [0.3, 0.4) is 0 Å². The molecule has 0 unspecified atom stereocenters. The first-order valence-electron chi connectivity index (χ1n) is 9.17. The summed E-state index contributed by atoms with van der Waals surface area (Å²) < 4.78 is 32.3. The molecule has 0 aromatic carbocycles. The summed E-state index contributed by atoms with van der Waals surface area (Å²) in [4.78, 5) is 32.8. The van der Waals surface area contributed by atoms with Crippen LogP contribution in [0.2, 0.25) is 5.15 Å². The summed E-state index contributed by atoms with van der Waals surface area (Å²) in [5.41, 5.74) is 1.44. The normalized spacial score (nSPS) is 17.3. The maximum Gasteiger partial charge on any atom is 0.260 e. The number of rotatable bonds is 3. The van der Waals surface area contributed by atoms with Crippen LogP contribution in [0.25, 0.3) is 33.3 Å². The number of nitrogens with zero attached hydrogens (tertiary/aromatic N) is 4. The molecule has 1 aliphatic rings. The smallest absolute Gasteiger partial charge is 0.260 e. The zero-order valence-electron chi connectivity index (χ0n) is 15.4. The van der Waals surface area contributed by atoms with E-state index in [9.17, 15) is 13.6 Å². The van der Waals surface area contributed by atoms with Gasteiger partial charge in [0.05, 0.1) is 29.8 Å². The number of aromatic nitrogens is 5. The van der Waals surface area contributed by atoms with E-state index in [2.05, 4.69) is 24.9 Å². The molecule has 0 aliphatic carbocycles. The number of aromatic amines is 2. The summed E-state index contributed by atoms with van der Waals surface area (Å²) in [5, 5.41) is 0.860. The van der Waals surface area contributed by atoms with Gasteiger partial charge in [0.15, 0.2) is 5.82 Å². The number of hydrogen-bond donors (Lipinski definition) is 2. The number of nitrogens with one attached hydrogen (secondary N) is 2. The number of fused-ring (bicyclic) bond motifs is 2. The van der Waals surface area contributed by atoms with Crippen molar-refractivity contribution in [3.05, 3.63) is 46.1 Å². The molecule has 1 fully saturated rings. The summed E-state index contributed by atoms with van der Waals surface area (Å²) >= 11 is 6.15. The summed E-state index contributed by atoms with van der Waals surface area (Å²) in [6.45, 7) is 0.386. The minimum absolute atomic E-state index is 0.123. The summed E-state index contributed by atoms with van der Waals surface area (Å²) in [6.07, 6.45) is 0.582. The van der Waals surface area contributed by atoms with Crippen molar-refractivity contribution in [1.82, 2.24) is 24.9 Å². The van der Waals surface area contributed by atoms with E-state index < -0.39 is 12.5 Å². The summed E-state index contributed by atoms with van der Waals surface area (Å²) in [7, 11) is 0. The van der Waals surface area contributed by atoms with Crippen LogP contribution in [0.4, 0.5) is 14.6 Å². The second-order valence-corrected chi connectivity index (χ2v) is 7.28. The molecule has 4 aromatic rings. The Morgan fingerprint density at radius 2 is 2.10 bits per heavy atom. The fraction of sp³-hybridized carbons (Fsp3) is 0.263. The van der Waals surface area contributed by atoms with Crippen LogP contribution < -0.4 is 10.5 Å². The molecule has 0 amide bonds. The topological polar surface area (TPSA) is 99.8 Å². The zero-order valence-corrected chi connectivity index (χ0v) is 16.2. The van der Waals surface area contributed by atoms with Crippen molar-refractivity contribution in [2.45, 2.75) is 12.5 Å². The molecule has 0 spiro atoms. The van der Waals surface area contributed by atoms with E-state index in [-0.39, 0.29) is 42.1 Å². The standard InChI is InChI=1S/C19H15ClF2N6O2/c20-14-6-12-15(18(26-14)28-3-4-30-8-13(28)16(21)22)27-17(24-12)10-5-9-7-23-2-1-11(9)25-19(10)29/h1-2,5-7,13,16H,3-4,8H2,(H,24,27)(H,25,29)/t13-/m0/s1. The minimum atomic E-state index is -2.63. The van der Waals surface area contributed by atoms with Gasteiger partial charge in [0, 0.05) is 30.4 Å². The number of imidazole rings is 1. The lowest BCUT2D eigenvalue weighted by atomic mass is 10.2. The van der Waals surface area contributed by atoms with Gasteiger partial charge in [-0.25, -0.2) is 18.7 Å². The van der Waals surface area contributed by atoms with Gasteiger partial charge in [-0.2, -0.15) is 0 Å². The fourth-order valence-electron chi connectivity index (χ4n) is 3.61. The van der Waals surface area contributed by atoms with Gasteiger partial charge in [-0.1, -0.05) is 11.6 Å². The number of alkyl halides is 2. The third-order valence-electron chi connectivity index (χ3n) is 5.05. The maximum atomic E-state index is 13.6. The highest BCUT2D eigenvalue weighted by atomic mass is 35.5. The molecule has 5 rings (SSSR count). The van der Waals surface area contributed by atoms with Crippen LogP contribution in [0.5, 0.6) is 0 Å².